The number of rotatable bonds is 5. The maximum Gasteiger partial charge on any atom is 0.171 e. The number of hydrogen-bond donors (Lipinski definition) is 7. The van der Waals surface area contributed by atoms with E-state index in [1.54, 1.807) is 18.2 Å². The molecule has 9 heteroatoms. The van der Waals surface area contributed by atoms with Crippen molar-refractivity contribution in [3.63, 3.8) is 0 Å². The summed E-state index contributed by atoms with van der Waals surface area (Å²) in [4.78, 5) is 14.2. The van der Waals surface area contributed by atoms with Crippen molar-refractivity contribution in [1.29, 1.82) is 0 Å². The fraction of sp³-hybridized carbons (Fsp3) is 0.147. The Hall–Kier alpha value is -5.57. The number of fused-ring (bicyclic) bond motifs is 1. The Kier molecular flexibility index (Phi) is 6.65. The van der Waals surface area contributed by atoms with E-state index in [2.05, 4.69) is 0 Å². The van der Waals surface area contributed by atoms with Gasteiger partial charge in [0.1, 0.15) is 51.6 Å². The topological polar surface area (TPSA) is 172 Å². The summed E-state index contributed by atoms with van der Waals surface area (Å²) in [5.41, 5.74) is 1.95. The molecule has 4 aromatic carbocycles. The third kappa shape index (κ3) is 4.95. The van der Waals surface area contributed by atoms with Gasteiger partial charge in [-0.05, 0) is 67.4 Å². The van der Waals surface area contributed by atoms with Crippen molar-refractivity contribution in [1.82, 2.24) is 0 Å². The van der Waals surface area contributed by atoms with Gasteiger partial charge >= 0.3 is 0 Å². The second-order valence-electron chi connectivity index (χ2n) is 10.9. The Morgan fingerprint density at radius 1 is 0.721 bits per heavy atom. The van der Waals surface area contributed by atoms with Gasteiger partial charge in [0.15, 0.2) is 5.78 Å². The number of furan rings is 1. The van der Waals surface area contributed by atoms with Crippen LogP contribution in [0.2, 0.25) is 0 Å². The molecule has 3 atom stereocenters. The van der Waals surface area contributed by atoms with Crippen molar-refractivity contribution in [3.05, 3.63) is 101 Å². The number of Topliss-reactive ketones (excluding diaryl/α,β-unsaturated/α-hetero) is 1. The standard InChI is InChI=1S/C34H28O9/c1-16-8-24(22-6-4-19(35)13-26(22)38)32(34(42)23-7-5-20(36)14-27(23)39)25(9-16)33-28(40)10-18(11-29(33)41)30-12-17-2-3-21(37)15-31(17)43-30/h2-7,9-15,24-25,32,35-41H,8H2,1H3. The lowest BCUT2D eigenvalue weighted by Crippen LogP contribution is -2.31. The number of benzene rings is 4. The highest BCUT2D eigenvalue weighted by atomic mass is 16.3. The zero-order valence-electron chi connectivity index (χ0n) is 22.9. The van der Waals surface area contributed by atoms with E-state index in [-0.39, 0.29) is 45.6 Å². The molecule has 5 aromatic rings. The predicted molar refractivity (Wildman–Crippen MR) is 158 cm³/mol. The second kappa shape index (κ2) is 10.4. The first-order chi connectivity index (χ1) is 20.5. The Balaban J connectivity index is 1.50. The monoisotopic (exact) mass is 580 g/mol. The molecule has 7 N–H and O–H groups in total. The zero-order valence-corrected chi connectivity index (χ0v) is 22.9. The van der Waals surface area contributed by atoms with Crippen molar-refractivity contribution in [2.24, 2.45) is 5.92 Å². The lowest BCUT2D eigenvalue weighted by molar-refractivity contribution is 0.0876. The van der Waals surface area contributed by atoms with E-state index in [1.165, 1.54) is 54.6 Å². The van der Waals surface area contributed by atoms with Gasteiger partial charge in [-0.2, -0.15) is 0 Å². The molecule has 3 unspecified atom stereocenters. The van der Waals surface area contributed by atoms with Crippen molar-refractivity contribution in [2.45, 2.75) is 25.2 Å². The van der Waals surface area contributed by atoms with Crippen LogP contribution in [0, 0.1) is 5.92 Å². The molecule has 0 fully saturated rings. The Labute approximate surface area is 245 Å². The Bertz CT molecular complexity index is 1910. The number of carbonyl (C=O) groups excluding carboxylic acids is 1. The first-order valence-electron chi connectivity index (χ1n) is 13.5. The lowest BCUT2D eigenvalue weighted by Gasteiger charge is -2.37. The highest BCUT2D eigenvalue weighted by Crippen LogP contribution is 2.53. The molecular formula is C34H28O9. The smallest absolute Gasteiger partial charge is 0.171 e. The number of allylic oxidation sites excluding steroid dienone is 2. The summed E-state index contributed by atoms with van der Waals surface area (Å²) in [6.45, 7) is 1.84. The number of hydrogen-bond acceptors (Lipinski definition) is 9. The van der Waals surface area contributed by atoms with E-state index in [9.17, 15) is 40.5 Å². The fourth-order valence-corrected chi connectivity index (χ4v) is 6.14. The molecule has 1 heterocycles. The second-order valence-corrected chi connectivity index (χ2v) is 10.9. The van der Waals surface area contributed by atoms with Gasteiger partial charge in [0.25, 0.3) is 0 Å². The van der Waals surface area contributed by atoms with Gasteiger partial charge in [-0.3, -0.25) is 4.79 Å². The molecule has 218 valence electrons. The Morgan fingerprint density at radius 3 is 2.02 bits per heavy atom. The average molecular weight is 581 g/mol. The molecule has 0 amide bonds. The van der Waals surface area contributed by atoms with Crippen molar-refractivity contribution in [2.75, 3.05) is 0 Å². The first kappa shape index (κ1) is 27.6. The van der Waals surface area contributed by atoms with Crippen LogP contribution in [0.15, 0.2) is 88.9 Å². The summed E-state index contributed by atoms with van der Waals surface area (Å²) >= 11 is 0. The van der Waals surface area contributed by atoms with Gasteiger partial charge in [0, 0.05) is 52.5 Å². The van der Waals surface area contributed by atoms with E-state index >= 15 is 0 Å². The number of carbonyl (C=O) groups is 1. The van der Waals surface area contributed by atoms with Gasteiger partial charge < -0.3 is 40.2 Å². The van der Waals surface area contributed by atoms with Crippen LogP contribution in [-0.2, 0) is 0 Å². The molecule has 43 heavy (non-hydrogen) atoms. The van der Waals surface area contributed by atoms with Crippen LogP contribution in [0.3, 0.4) is 0 Å². The summed E-state index contributed by atoms with van der Waals surface area (Å²) < 4.78 is 5.84. The van der Waals surface area contributed by atoms with E-state index in [1.807, 2.05) is 6.92 Å². The number of phenols is 7. The maximum atomic E-state index is 14.2. The van der Waals surface area contributed by atoms with Crippen LogP contribution in [0.25, 0.3) is 22.3 Å². The maximum absolute atomic E-state index is 14.2. The normalized spacial score (nSPS) is 18.4. The molecule has 0 radical (unpaired) electrons. The molecule has 9 nitrogen and oxygen atoms in total. The van der Waals surface area contributed by atoms with E-state index in [0.717, 1.165) is 11.6 Å². The molecule has 0 spiro atoms. The average Bonchev–Trinajstić information content (AvgIpc) is 3.35. The molecule has 0 saturated heterocycles. The minimum atomic E-state index is -1.04. The minimum absolute atomic E-state index is 0.0264. The summed E-state index contributed by atoms with van der Waals surface area (Å²) in [6, 6.07) is 16.9. The first-order valence-corrected chi connectivity index (χ1v) is 13.5. The minimum Gasteiger partial charge on any atom is -0.508 e. The van der Waals surface area contributed by atoms with Crippen molar-refractivity contribution < 1.29 is 45.0 Å². The van der Waals surface area contributed by atoms with Crippen molar-refractivity contribution in [3.8, 4) is 51.6 Å². The fourth-order valence-electron chi connectivity index (χ4n) is 6.14. The third-order valence-corrected chi connectivity index (χ3v) is 8.05. The zero-order chi connectivity index (χ0) is 30.6. The van der Waals surface area contributed by atoms with Crippen LogP contribution in [-0.4, -0.2) is 41.5 Å². The lowest BCUT2D eigenvalue weighted by atomic mass is 9.65. The van der Waals surface area contributed by atoms with E-state index < -0.39 is 29.3 Å². The molecular weight excluding hydrogens is 552 g/mol. The molecule has 1 aliphatic carbocycles. The highest BCUT2D eigenvalue weighted by Gasteiger charge is 2.43. The van der Waals surface area contributed by atoms with Crippen LogP contribution in [0.4, 0.5) is 0 Å². The van der Waals surface area contributed by atoms with E-state index in [0.29, 0.717) is 34.3 Å². The summed E-state index contributed by atoms with van der Waals surface area (Å²) in [5, 5.41) is 74.3. The molecule has 6 rings (SSSR count). The van der Waals surface area contributed by atoms with Crippen LogP contribution in [0.1, 0.15) is 46.7 Å². The predicted octanol–water partition coefficient (Wildman–Crippen LogP) is 6.76. The summed E-state index contributed by atoms with van der Waals surface area (Å²) in [7, 11) is 0. The third-order valence-electron chi connectivity index (χ3n) is 8.05. The summed E-state index contributed by atoms with van der Waals surface area (Å²) in [6.07, 6.45) is 2.10. The van der Waals surface area contributed by atoms with Crippen LogP contribution >= 0.6 is 0 Å². The number of aromatic hydroxyl groups is 7. The SMILES string of the molecule is CC1=CC(c2c(O)cc(-c3cc4ccc(O)cc4o3)cc2O)C(C(=O)c2ccc(O)cc2O)C(c2ccc(O)cc2O)C1. The van der Waals surface area contributed by atoms with Gasteiger partial charge in [0.2, 0.25) is 0 Å². The molecule has 0 bridgehead atoms. The van der Waals surface area contributed by atoms with E-state index in [4.69, 9.17) is 4.42 Å². The van der Waals surface area contributed by atoms with Crippen LogP contribution < -0.4 is 0 Å². The van der Waals surface area contributed by atoms with Crippen LogP contribution in [0.5, 0.6) is 40.2 Å². The molecule has 1 aromatic heterocycles. The molecule has 0 aliphatic heterocycles. The van der Waals surface area contributed by atoms with Crippen molar-refractivity contribution >= 4 is 16.8 Å². The van der Waals surface area contributed by atoms with Gasteiger partial charge in [0.05, 0.1) is 5.56 Å². The quantitative estimate of drug-likeness (QED) is 0.0876. The molecule has 0 saturated carbocycles. The molecule has 1 aliphatic rings. The van der Waals surface area contributed by atoms with Gasteiger partial charge in [-0.25, -0.2) is 0 Å². The van der Waals surface area contributed by atoms with Gasteiger partial charge in [-0.15, -0.1) is 0 Å². The largest absolute Gasteiger partial charge is 0.508 e. The Morgan fingerprint density at radius 2 is 1.35 bits per heavy atom. The number of ketones is 1. The highest BCUT2D eigenvalue weighted by molar-refractivity contribution is 6.02. The van der Waals surface area contributed by atoms with Gasteiger partial charge in [-0.1, -0.05) is 17.7 Å². The summed E-state index contributed by atoms with van der Waals surface area (Å²) in [5.74, 6) is -4.49. The number of phenolic OH excluding ortho intramolecular Hbond substituents is 7.